The van der Waals surface area contributed by atoms with Gasteiger partial charge in [-0.1, -0.05) is 58.9 Å². The van der Waals surface area contributed by atoms with E-state index in [0.717, 1.165) is 12.8 Å². The van der Waals surface area contributed by atoms with Crippen molar-refractivity contribution in [1.82, 2.24) is 10.6 Å². The average Bonchev–Trinajstić information content (AvgIpc) is 3.39. The summed E-state index contributed by atoms with van der Waals surface area (Å²) >= 11 is 0. The van der Waals surface area contributed by atoms with Crippen LogP contribution in [0.2, 0.25) is 0 Å². The second-order valence-corrected chi connectivity index (χ2v) is 9.11. The molecule has 1 saturated carbocycles. The summed E-state index contributed by atoms with van der Waals surface area (Å²) in [6.07, 6.45) is 2.04. The molecule has 0 aromatic heterocycles. The lowest BCUT2D eigenvalue weighted by atomic mass is 9.85. The second-order valence-electron chi connectivity index (χ2n) is 9.11. The first-order valence-electron chi connectivity index (χ1n) is 9.63. The van der Waals surface area contributed by atoms with Crippen molar-refractivity contribution in [3.05, 3.63) is 35.4 Å². The average molecular weight is 356 g/mol. The highest BCUT2D eigenvalue weighted by atomic mass is 16.2. The van der Waals surface area contributed by atoms with Gasteiger partial charge in [0.25, 0.3) is 0 Å². The Morgan fingerprint density at radius 1 is 1.19 bits per heavy atom. The molecular formula is C22H33N3O. The van der Waals surface area contributed by atoms with E-state index in [1.54, 1.807) is 0 Å². The van der Waals surface area contributed by atoms with Crippen molar-refractivity contribution in [2.75, 3.05) is 6.54 Å². The number of rotatable bonds is 7. The number of benzene rings is 1. The number of hydrogen-bond donors (Lipinski definition) is 2. The summed E-state index contributed by atoms with van der Waals surface area (Å²) < 4.78 is 0. The van der Waals surface area contributed by atoms with Gasteiger partial charge in [0, 0.05) is 6.04 Å². The van der Waals surface area contributed by atoms with E-state index in [-0.39, 0.29) is 23.9 Å². The van der Waals surface area contributed by atoms with Crippen LogP contribution in [0.4, 0.5) is 0 Å². The molecule has 1 aliphatic rings. The number of carbonyl (C=O) groups excluding carboxylic acids is 1. The maximum Gasteiger partial charge on any atom is 0.235 e. The SMILES string of the molecule is CC(C)[C@@H](NCC(=O)N[C@](C)(C#N)C1CC1)c1ccc(C(C)(C)C)cc1. The molecule has 0 bridgehead atoms. The Morgan fingerprint density at radius 2 is 1.77 bits per heavy atom. The van der Waals surface area contributed by atoms with Gasteiger partial charge in [-0.05, 0) is 48.1 Å². The van der Waals surface area contributed by atoms with Crippen molar-refractivity contribution < 1.29 is 4.79 Å². The predicted octanol–water partition coefficient (Wildman–Crippen LogP) is 4.08. The van der Waals surface area contributed by atoms with Crippen molar-refractivity contribution in [3.8, 4) is 6.07 Å². The largest absolute Gasteiger partial charge is 0.337 e. The molecule has 142 valence electrons. The monoisotopic (exact) mass is 355 g/mol. The normalized spacial score (nSPS) is 18.1. The fourth-order valence-corrected chi connectivity index (χ4v) is 3.35. The minimum atomic E-state index is -0.736. The molecule has 1 aromatic carbocycles. The molecule has 1 aliphatic carbocycles. The Morgan fingerprint density at radius 3 is 2.19 bits per heavy atom. The summed E-state index contributed by atoms with van der Waals surface area (Å²) in [7, 11) is 0. The molecule has 4 heteroatoms. The molecule has 1 fully saturated rings. The molecule has 2 rings (SSSR count). The van der Waals surface area contributed by atoms with Gasteiger partial charge < -0.3 is 10.6 Å². The highest BCUT2D eigenvalue weighted by Gasteiger charge is 2.42. The van der Waals surface area contributed by atoms with E-state index < -0.39 is 5.54 Å². The zero-order valence-corrected chi connectivity index (χ0v) is 17.0. The van der Waals surface area contributed by atoms with E-state index in [1.165, 1.54) is 11.1 Å². The van der Waals surface area contributed by atoms with Crippen LogP contribution < -0.4 is 10.6 Å². The summed E-state index contributed by atoms with van der Waals surface area (Å²) in [6, 6.07) is 11.0. The van der Waals surface area contributed by atoms with Gasteiger partial charge >= 0.3 is 0 Å². The van der Waals surface area contributed by atoms with E-state index in [9.17, 15) is 10.1 Å². The van der Waals surface area contributed by atoms with Gasteiger partial charge in [0.15, 0.2) is 0 Å². The summed E-state index contributed by atoms with van der Waals surface area (Å²) in [5.74, 6) is 0.536. The fourth-order valence-electron chi connectivity index (χ4n) is 3.35. The molecule has 0 unspecified atom stereocenters. The minimum absolute atomic E-state index is 0.101. The molecule has 2 N–H and O–H groups in total. The van der Waals surface area contributed by atoms with Gasteiger partial charge in [0.2, 0.25) is 5.91 Å². The highest BCUT2D eigenvalue weighted by molar-refractivity contribution is 5.79. The molecule has 2 atom stereocenters. The molecule has 0 spiro atoms. The van der Waals surface area contributed by atoms with E-state index in [1.807, 2.05) is 6.92 Å². The lowest BCUT2D eigenvalue weighted by Gasteiger charge is -2.26. The summed E-state index contributed by atoms with van der Waals surface area (Å²) in [4.78, 5) is 12.4. The maximum absolute atomic E-state index is 12.4. The molecule has 1 aromatic rings. The van der Waals surface area contributed by atoms with Crippen LogP contribution in [0.15, 0.2) is 24.3 Å². The first-order chi connectivity index (χ1) is 12.1. The topological polar surface area (TPSA) is 64.9 Å². The summed E-state index contributed by atoms with van der Waals surface area (Å²) in [5, 5.41) is 15.7. The van der Waals surface area contributed by atoms with Gasteiger partial charge in [-0.3, -0.25) is 4.79 Å². The Bertz CT molecular complexity index is 662. The van der Waals surface area contributed by atoms with E-state index in [0.29, 0.717) is 11.8 Å². The number of nitrogens with zero attached hydrogens (tertiary/aromatic N) is 1. The van der Waals surface area contributed by atoms with Gasteiger partial charge in [-0.2, -0.15) is 5.26 Å². The Balaban J connectivity index is 2.00. The van der Waals surface area contributed by atoms with Crippen molar-refractivity contribution in [3.63, 3.8) is 0 Å². The Kier molecular flexibility index (Phi) is 6.13. The van der Waals surface area contributed by atoms with Crippen molar-refractivity contribution in [1.29, 1.82) is 5.26 Å². The minimum Gasteiger partial charge on any atom is -0.337 e. The fraction of sp³-hybridized carbons (Fsp3) is 0.636. The Hall–Kier alpha value is -1.86. The molecule has 0 aliphatic heterocycles. The molecule has 26 heavy (non-hydrogen) atoms. The zero-order valence-electron chi connectivity index (χ0n) is 17.0. The van der Waals surface area contributed by atoms with E-state index >= 15 is 0 Å². The molecule has 4 nitrogen and oxygen atoms in total. The lowest BCUT2D eigenvalue weighted by molar-refractivity contribution is -0.121. The summed E-state index contributed by atoms with van der Waals surface area (Å²) in [5.41, 5.74) is 1.88. The van der Waals surface area contributed by atoms with Crippen molar-refractivity contribution in [2.24, 2.45) is 11.8 Å². The van der Waals surface area contributed by atoms with Crippen LogP contribution >= 0.6 is 0 Å². The quantitative estimate of drug-likeness (QED) is 0.774. The summed E-state index contributed by atoms with van der Waals surface area (Å²) in [6.45, 7) is 13.0. The lowest BCUT2D eigenvalue weighted by Crippen LogP contribution is -2.50. The first kappa shape index (κ1) is 20.5. The molecule has 0 heterocycles. The molecular weight excluding hydrogens is 322 g/mol. The zero-order chi connectivity index (χ0) is 19.5. The number of amides is 1. The first-order valence-corrected chi connectivity index (χ1v) is 9.63. The third-order valence-corrected chi connectivity index (χ3v) is 5.31. The number of nitrogens with one attached hydrogen (secondary N) is 2. The molecule has 1 amide bonds. The Labute approximate surface area is 158 Å². The van der Waals surface area contributed by atoms with Crippen LogP contribution in [0.3, 0.4) is 0 Å². The second kappa shape index (κ2) is 7.80. The van der Waals surface area contributed by atoms with Crippen LogP contribution in [-0.2, 0) is 10.2 Å². The van der Waals surface area contributed by atoms with Gasteiger partial charge in [-0.25, -0.2) is 0 Å². The van der Waals surface area contributed by atoms with Crippen LogP contribution in [-0.4, -0.2) is 18.0 Å². The van der Waals surface area contributed by atoms with E-state index in [4.69, 9.17) is 0 Å². The van der Waals surface area contributed by atoms with E-state index in [2.05, 4.69) is 75.6 Å². The van der Waals surface area contributed by atoms with Gasteiger partial charge in [-0.15, -0.1) is 0 Å². The van der Waals surface area contributed by atoms with Crippen molar-refractivity contribution in [2.45, 2.75) is 71.4 Å². The predicted molar refractivity (Wildman–Crippen MR) is 106 cm³/mol. The van der Waals surface area contributed by atoms with Crippen molar-refractivity contribution >= 4 is 5.91 Å². The number of nitriles is 1. The van der Waals surface area contributed by atoms with Crippen LogP contribution in [0.25, 0.3) is 0 Å². The molecule has 0 saturated heterocycles. The standard InChI is InChI=1S/C22H33N3O/c1-15(2)20(16-7-9-17(10-8-16)21(3,4)5)24-13-19(26)25-22(6,14-23)18-11-12-18/h7-10,15,18,20,24H,11-13H2,1-6H3,(H,25,26)/t20-,22-/m1/s1. The number of carbonyl (C=O) groups is 1. The third kappa shape index (κ3) is 5.08. The molecule has 0 radical (unpaired) electrons. The van der Waals surface area contributed by atoms with Crippen LogP contribution in [0.1, 0.15) is 71.6 Å². The maximum atomic E-state index is 12.4. The van der Waals surface area contributed by atoms with Crippen LogP contribution in [0, 0.1) is 23.2 Å². The van der Waals surface area contributed by atoms with Crippen LogP contribution in [0.5, 0.6) is 0 Å². The smallest absolute Gasteiger partial charge is 0.235 e. The third-order valence-electron chi connectivity index (χ3n) is 5.31. The van der Waals surface area contributed by atoms with Gasteiger partial charge in [0.05, 0.1) is 12.6 Å². The van der Waals surface area contributed by atoms with Gasteiger partial charge in [0.1, 0.15) is 5.54 Å². The number of hydrogen-bond acceptors (Lipinski definition) is 3. The highest BCUT2D eigenvalue weighted by Crippen LogP contribution is 2.39.